The van der Waals surface area contributed by atoms with E-state index in [2.05, 4.69) is 20.8 Å². The molecule has 0 heterocycles. The number of hydrogen-bond donors (Lipinski definition) is 2. The Morgan fingerprint density at radius 1 is 0.864 bits per heavy atom. The summed E-state index contributed by atoms with van der Waals surface area (Å²) in [5, 5.41) is 21.7. The Labute approximate surface area is 137 Å². The van der Waals surface area contributed by atoms with Gasteiger partial charge in [-0.05, 0) is 69.1 Å². The molecule has 130 valence electrons. The van der Waals surface area contributed by atoms with Crippen LogP contribution in [0.25, 0.3) is 0 Å². The molecule has 2 unspecified atom stereocenters. The molecule has 0 aromatic rings. The molecule has 2 atom stereocenters. The maximum atomic E-state index is 11.5. The molecule has 2 aliphatic carbocycles. The van der Waals surface area contributed by atoms with Crippen molar-refractivity contribution >= 4 is 0 Å². The predicted molar refractivity (Wildman–Crippen MR) is 92.7 cm³/mol. The molecule has 0 amide bonds. The van der Waals surface area contributed by atoms with Crippen LogP contribution in [0.5, 0.6) is 0 Å². The van der Waals surface area contributed by atoms with Gasteiger partial charge in [0.15, 0.2) is 0 Å². The molecule has 2 N–H and O–H groups in total. The highest BCUT2D eigenvalue weighted by molar-refractivity contribution is 5.02. The molecule has 22 heavy (non-hydrogen) atoms. The first-order valence-electron chi connectivity index (χ1n) is 9.66. The lowest BCUT2D eigenvalue weighted by Gasteiger charge is -2.53. The molecule has 0 aromatic heterocycles. The number of aliphatic hydroxyl groups excluding tert-OH is 1. The molecule has 2 fully saturated rings. The van der Waals surface area contributed by atoms with Crippen LogP contribution in [-0.4, -0.2) is 22.4 Å². The third-order valence-electron chi connectivity index (χ3n) is 7.50. The Morgan fingerprint density at radius 3 is 1.86 bits per heavy atom. The van der Waals surface area contributed by atoms with Crippen LogP contribution in [0.1, 0.15) is 85.5 Å². The number of hydrogen-bond acceptors (Lipinski definition) is 2. The summed E-state index contributed by atoms with van der Waals surface area (Å²) >= 11 is 0. The van der Waals surface area contributed by atoms with Gasteiger partial charge in [-0.2, -0.15) is 0 Å². The van der Waals surface area contributed by atoms with E-state index in [4.69, 9.17) is 0 Å². The minimum absolute atomic E-state index is 0.120. The molecule has 0 aromatic carbocycles. The third-order valence-corrected chi connectivity index (χ3v) is 7.50. The van der Waals surface area contributed by atoms with E-state index in [1.165, 1.54) is 44.9 Å². The van der Waals surface area contributed by atoms with Gasteiger partial charge >= 0.3 is 0 Å². The van der Waals surface area contributed by atoms with Crippen molar-refractivity contribution in [3.8, 4) is 0 Å². The van der Waals surface area contributed by atoms with Crippen molar-refractivity contribution in [3.05, 3.63) is 0 Å². The van der Waals surface area contributed by atoms with Gasteiger partial charge in [-0.15, -0.1) is 0 Å². The molecule has 2 saturated carbocycles. The second-order valence-corrected chi connectivity index (χ2v) is 8.91. The van der Waals surface area contributed by atoms with Gasteiger partial charge in [0, 0.05) is 5.41 Å². The first kappa shape index (κ1) is 18.3. The molecule has 0 spiro atoms. The molecule has 0 bridgehead atoms. The molecule has 2 rings (SSSR count). The largest absolute Gasteiger partial charge is 0.396 e. The van der Waals surface area contributed by atoms with E-state index in [-0.39, 0.29) is 12.0 Å². The zero-order valence-corrected chi connectivity index (χ0v) is 15.3. The van der Waals surface area contributed by atoms with E-state index >= 15 is 0 Å². The Bertz CT molecular complexity index is 336. The predicted octanol–water partition coefficient (Wildman–Crippen LogP) is 4.78. The topological polar surface area (TPSA) is 40.5 Å². The van der Waals surface area contributed by atoms with Gasteiger partial charge in [-0.3, -0.25) is 0 Å². The molecule has 2 heteroatoms. The van der Waals surface area contributed by atoms with Crippen molar-refractivity contribution in [2.75, 3.05) is 6.61 Å². The Morgan fingerprint density at radius 2 is 1.41 bits per heavy atom. The Hall–Kier alpha value is -0.0800. The van der Waals surface area contributed by atoms with Crippen molar-refractivity contribution in [1.82, 2.24) is 0 Å². The van der Waals surface area contributed by atoms with Crippen LogP contribution in [0.15, 0.2) is 0 Å². The molecule has 2 nitrogen and oxygen atoms in total. The van der Waals surface area contributed by atoms with Gasteiger partial charge in [-0.25, -0.2) is 0 Å². The van der Waals surface area contributed by atoms with Crippen LogP contribution in [0, 0.1) is 29.1 Å². The number of rotatable bonds is 5. The van der Waals surface area contributed by atoms with E-state index in [9.17, 15) is 10.2 Å². The van der Waals surface area contributed by atoms with Crippen LogP contribution in [0.2, 0.25) is 0 Å². The van der Waals surface area contributed by atoms with E-state index in [0.717, 1.165) is 24.7 Å². The molecule has 0 radical (unpaired) electrons. The fourth-order valence-electron chi connectivity index (χ4n) is 5.26. The fraction of sp³-hybridized carbons (Fsp3) is 1.00. The monoisotopic (exact) mass is 310 g/mol. The molecule has 0 aliphatic heterocycles. The normalized spacial score (nSPS) is 33.4. The quantitative estimate of drug-likeness (QED) is 0.767. The standard InChI is InChI=1S/C20H38O2/c1-15(2)16-10-12-18(13-11-16)20(4,22)19(3,14-21)17-8-6-5-7-9-17/h15-18,21-22H,5-14H2,1-4H3. The average Bonchev–Trinajstić information content (AvgIpc) is 2.54. The van der Waals surface area contributed by atoms with Crippen LogP contribution in [-0.2, 0) is 0 Å². The van der Waals surface area contributed by atoms with Crippen LogP contribution < -0.4 is 0 Å². The maximum absolute atomic E-state index is 11.5. The first-order chi connectivity index (χ1) is 10.3. The van der Waals surface area contributed by atoms with Crippen LogP contribution in [0.3, 0.4) is 0 Å². The summed E-state index contributed by atoms with van der Waals surface area (Å²) in [4.78, 5) is 0. The molecular formula is C20H38O2. The van der Waals surface area contributed by atoms with E-state index in [1.54, 1.807) is 0 Å². The summed E-state index contributed by atoms with van der Waals surface area (Å²) in [6.07, 6.45) is 10.9. The second-order valence-electron chi connectivity index (χ2n) is 8.91. The SMILES string of the molecule is CC(C)C1CCC(C(C)(O)C(C)(CO)C2CCCCC2)CC1. The van der Waals surface area contributed by atoms with E-state index in [1.807, 2.05) is 6.92 Å². The maximum Gasteiger partial charge on any atom is 0.0725 e. The second kappa shape index (κ2) is 7.21. The zero-order chi connectivity index (χ0) is 16.4. The van der Waals surface area contributed by atoms with Crippen molar-refractivity contribution < 1.29 is 10.2 Å². The third kappa shape index (κ3) is 3.38. The highest BCUT2D eigenvalue weighted by Gasteiger charge is 2.52. The first-order valence-corrected chi connectivity index (χ1v) is 9.66. The zero-order valence-electron chi connectivity index (χ0n) is 15.3. The van der Waals surface area contributed by atoms with Gasteiger partial charge < -0.3 is 10.2 Å². The van der Waals surface area contributed by atoms with E-state index < -0.39 is 5.60 Å². The van der Waals surface area contributed by atoms with Crippen LogP contribution >= 0.6 is 0 Å². The van der Waals surface area contributed by atoms with Crippen molar-refractivity contribution in [1.29, 1.82) is 0 Å². The highest BCUT2D eigenvalue weighted by Crippen LogP contribution is 2.51. The summed E-state index contributed by atoms with van der Waals surface area (Å²) in [5.74, 6) is 2.40. The Kier molecular flexibility index (Phi) is 5.99. The average molecular weight is 311 g/mol. The molecular weight excluding hydrogens is 272 g/mol. The minimum atomic E-state index is -0.744. The fourth-order valence-corrected chi connectivity index (χ4v) is 5.26. The summed E-state index contributed by atoms with van der Waals surface area (Å²) in [5.41, 5.74) is -1.09. The van der Waals surface area contributed by atoms with Gasteiger partial charge in [0.05, 0.1) is 12.2 Å². The van der Waals surface area contributed by atoms with Crippen molar-refractivity contribution in [2.24, 2.45) is 29.1 Å². The van der Waals surface area contributed by atoms with Gasteiger partial charge in [-0.1, -0.05) is 40.0 Å². The lowest BCUT2D eigenvalue weighted by Crippen LogP contribution is -2.56. The summed E-state index contributed by atoms with van der Waals surface area (Å²) in [6.45, 7) is 8.94. The van der Waals surface area contributed by atoms with E-state index in [0.29, 0.717) is 11.8 Å². The molecule has 2 aliphatic rings. The van der Waals surface area contributed by atoms with Crippen molar-refractivity contribution in [2.45, 2.75) is 91.1 Å². The minimum Gasteiger partial charge on any atom is -0.396 e. The van der Waals surface area contributed by atoms with Gasteiger partial charge in [0.1, 0.15) is 0 Å². The van der Waals surface area contributed by atoms with Gasteiger partial charge in [0.2, 0.25) is 0 Å². The summed E-state index contributed by atoms with van der Waals surface area (Å²) < 4.78 is 0. The Balaban J connectivity index is 2.09. The number of aliphatic hydroxyl groups is 2. The van der Waals surface area contributed by atoms with Crippen LogP contribution in [0.4, 0.5) is 0 Å². The summed E-state index contributed by atoms with van der Waals surface area (Å²) in [7, 11) is 0. The van der Waals surface area contributed by atoms with Gasteiger partial charge in [0.25, 0.3) is 0 Å². The van der Waals surface area contributed by atoms with Crippen molar-refractivity contribution in [3.63, 3.8) is 0 Å². The lowest BCUT2D eigenvalue weighted by atomic mass is 9.56. The smallest absolute Gasteiger partial charge is 0.0725 e. The summed E-state index contributed by atoms with van der Waals surface area (Å²) in [6, 6.07) is 0. The highest BCUT2D eigenvalue weighted by atomic mass is 16.3. The molecule has 0 saturated heterocycles. The lowest BCUT2D eigenvalue weighted by molar-refractivity contribution is -0.166.